The number of rotatable bonds is 16. The van der Waals surface area contributed by atoms with E-state index < -0.39 is 66.6 Å². The Hall–Kier alpha value is -3.23. The van der Waals surface area contributed by atoms with E-state index >= 15 is 0 Å². The van der Waals surface area contributed by atoms with Gasteiger partial charge in [0.15, 0.2) is 0 Å². The maximum absolute atomic E-state index is 14.3. The number of unbranched alkanes of at least 4 members (excludes halogenated alkanes) is 2. The summed E-state index contributed by atoms with van der Waals surface area (Å²) in [4.78, 5) is 11.0. The van der Waals surface area contributed by atoms with Gasteiger partial charge in [-0.25, -0.2) is 4.79 Å². The van der Waals surface area contributed by atoms with E-state index in [1.807, 2.05) is 6.92 Å². The lowest BCUT2D eigenvalue weighted by molar-refractivity contribution is -0.367. The third kappa shape index (κ3) is 8.18. The Morgan fingerprint density at radius 2 is 1.52 bits per heavy atom. The summed E-state index contributed by atoms with van der Waals surface area (Å²) in [6, 6.07) is 9.15. The normalized spacial score (nSPS) is 13.3. The molecule has 1 heterocycles. The summed E-state index contributed by atoms with van der Waals surface area (Å²) >= 11 is 0.487. The van der Waals surface area contributed by atoms with Crippen molar-refractivity contribution in [1.82, 2.24) is 0 Å². The van der Waals surface area contributed by atoms with Gasteiger partial charge in [-0.2, -0.15) is 48.3 Å². The average molecular weight is 691 g/mol. The molecule has 3 nitrogen and oxygen atoms in total. The number of furan rings is 1. The van der Waals surface area contributed by atoms with Crippen LogP contribution in [0.5, 0.6) is 0 Å². The van der Waals surface area contributed by atoms with E-state index in [0.29, 0.717) is 41.6 Å². The molecule has 46 heavy (non-hydrogen) atoms. The minimum absolute atomic E-state index is 0.0283. The van der Waals surface area contributed by atoms with Crippen LogP contribution in [0.15, 0.2) is 64.4 Å². The van der Waals surface area contributed by atoms with E-state index in [1.54, 1.807) is 6.07 Å². The van der Waals surface area contributed by atoms with Crippen molar-refractivity contribution in [3.63, 3.8) is 0 Å². The Balaban J connectivity index is 1.74. The van der Waals surface area contributed by atoms with Gasteiger partial charge in [0.05, 0.1) is 18.6 Å². The highest BCUT2D eigenvalue weighted by Crippen LogP contribution is 2.55. The molecule has 0 saturated heterocycles. The predicted octanol–water partition coefficient (Wildman–Crippen LogP) is 11.0. The highest BCUT2D eigenvalue weighted by Gasteiger charge is 2.79. The van der Waals surface area contributed by atoms with Gasteiger partial charge in [-0.1, -0.05) is 38.5 Å². The van der Waals surface area contributed by atoms with Crippen LogP contribution in [-0.4, -0.2) is 42.0 Å². The summed E-state index contributed by atoms with van der Waals surface area (Å²) in [6.45, 7) is 3.43. The van der Waals surface area contributed by atoms with Crippen LogP contribution in [-0.2, 0) is 22.1 Å². The average Bonchev–Trinajstić information content (AvgIpc) is 3.39. The number of aryl methyl sites for hydroxylation is 1. The first-order valence-electron chi connectivity index (χ1n) is 13.9. The number of fused-ring (bicyclic) bond motifs is 1. The van der Waals surface area contributed by atoms with Gasteiger partial charge in [0.2, 0.25) is 0 Å². The predicted molar refractivity (Wildman–Crippen MR) is 151 cm³/mol. The molecule has 0 unspecified atom stereocenters. The lowest BCUT2D eigenvalue weighted by Gasteiger charge is -2.36. The topological polar surface area (TPSA) is 39.4 Å². The summed E-state index contributed by atoms with van der Waals surface area (Å²) < 4.78 is 165. The second-order valence-corrected chi connectivity index (χ2v) is 11.6. The van der Waals surface area contributed by atoms with E-state index in [-0.39, 0.29) is 21.8 Å². The molecule has 0 aliphatic heterocycles. The molecule has 3 rings (SSSR count). The van der Waals surface area contributed by atoms with Gasteiger partial charge in [-0.15, -0.1) is 11.8 Å². The van der Waals surface area contributed by atoms with Crippen molar-refractivity contribution in [1.29, 1.82) is 0 Å². The number of hydrogen-bond acceptors (Lipinski definition) is 4. The van der Waals surface area contributed by atoms with E-state index in [4.69, 9.17) is 4.42 Å². The Labute approximate surface area is 261 Å². The van der Waals surface area contributed by atoms with Crippen LogP contribution >= 0.6 is 11.8 Å². The van der Waals surface area contributed by atoms with Crippen LogP contribution in [0.2, 0.25) is 0 Å². The van der Waals surface area contributed by atoms with Crippen LogP contribution in [0, 0.1) is 0 Å². The maximum atomic E-state index is 14.3. The minimum Gasteiger partial charge on any atom is -0.462 e. The second-order valence-electron chi connectivity index (χ2n) is 10.4. The molecule has 1 aromatic heterocycles. The van der Waals surface area contributed by atoms with Crippen molar-refractivity contribution in [2.24, 2.45) is 0 Å². The number of ether oxygens (including phenoxy) is 1. The molecule has 0 atom stereocenters. The Bertz CT molecular complexity index is 1510. The molecule has 3 aromatic rings. The molecule has 0 aliphatic carbocycles. The molecule has 2 aromatic carbocycles. The lowest BCUT2D eigenvalue weighted by Crippen LogP contribution is -2.62. The first-order chi connectivity index (χ1) is 21.3. The van der Waals surface area contributed by atoms with Crippen LogP contribution < -0.4 is 0 Å². The number of carbonyl (C=O) groups is 1. The fourth-order valence-electron chi connectivity index (χ4n) is 4.42. The van der Waals surface area contributed by atoms with Crippen molar-refractivity contribution >= 4 is 28.7 Å². The zero-order chi connectivity index (χ0) is 34.6. The summed E-state index contributed by atoms with van der Waals surface area (Å²) in [5.74, 6) is -26.7. The van der Waals surface area contributed by atoms with Gasteiger partial charge in [0, 0.05) is 34.1 Å². The monoisotopic (exact) mass is 690 g/mol. The largest absolute Gasteiger partial charge is 0.462 e. The van der Waals surface area contributed by atoms with Crippen LogP contribution in [0.1, 0.15) is 50.2 Å². The van der Waals surface area contributed by atoms with Crippen molar-refractivity contribution in [2.45, 2.75) is 80.2 Å². The van der Waals surface area contributed by atoms with E-state index in [1.165, 1.54) is 30.3 Å². The molecule has 0 saturated carbocycles. The molecule has 0 aliphatic rings. The summed E-state index contributed by atoms with van der Waals surface area (Å²) in [6.07, 6.45) is -5.39. The van der Waals surface area contributed by atoms with Crippen LogP contribution in [0.25, 0.3) is 22.3 Å². The SMILES string of the molecule is C=CC(=O)OCCC(F)(F)C(F)(F)C(F)(F)C(F)(F)CCSc1ccc2cc(-c3ccc(CCCCC)cc3C(F)(F)F)oc2c1. The number of carbonyl (C=O) groups excluding carboxylic acids is 1. The maximum Gasteiger partial charge on any atom is 0.417 e. The molecule has 0 spiro atoms. The van der Waals surface area contributed by atoms with Gasteiger partial charge in [-0.05, 0) is 48.7 Å². The fourth-order valence-corrected chi connectivity index (χ4v) is 5.37. The first-order valence-corrected chi connectivity index (χ1v) is 14.9. The molecule has 0 amide bonds. The van der Waals surface area contributed by atoms with Crippen LogP contribution in [0.3, 0.4) is 0 Å². The Morgan fingerprint density at radius 1 is 0.870 bits per heavy atom. The second kappa shape index (κ2) is 14.3. The molecular formula is C31H29F11O3S. The molecular weight excluding hydrogens is 661 g/mol. The number of halogens is 11. The third-order valence-corrected chi connectivity index (χ3v) is 8.04. The molecule has 15 heteroatoms. The standard InChI is InChI=1S/C31H29F11O3S/c1-3-5-6-7-19-8-11-22(23(16-19)29(36,37)38)25-17-20-9-10-21(18-24(20)45-25)46-15-13-28(34,35)31(41,42)30(39,40)27(32,33)12-14-44-26(43)4-2/h4,8-11,16-18H,2-3,5-7,12-15H2,1H3. The van der Waals surface area contributed by atoms with Gasteiger partial charge < -0.3 is 9.15 Å². The molecule has 0 bridgehead atoms. The van der Waals surface area contributed by atoms with E-state index in [2.05, 4.69) is 11.3 Å². The molecule has 0 radical (unpaired) electrons. The number of hydrogen-bond donors (Lipinski definition) is 0. The van der Waals surface area contributed by atoms with Crippen molar-refractivity contribution in [2.75, 3.05) is 12.4 Å². The summed E-state index contributed by atoms with van der Waals surface area (Å²) in [7, 11) is 0. The van der Waals surface area contributed by atoms with Crippen LogP contribution in [0.4, 0.5) is 48.3 Å². The van der Waals surface area contributed by atoms with E-state index in [0.717, 1.165) is 18.9 Å². The number of alkyl halides is 11. The van der Waals surface area contributed by atoms with Crippen molar-refractivity contribution in [3.05, 3.63) is 66.2 Å². The highest BCUT2D eigenvalue weighted by molar-refractivity contribution is 7.99. The van der Waals surface area contributed by atoms with Gasteiger partial charge in [-0.3, -0.25) is 0 Å². The summed E-state index contributed by atoms with van der Waals surface area (Å²) in [5.41, 5.74) is -0.633. The molecule has 254 valence electrons. The quantitative estimate of drug-likeness (QED) is 0.0493. The minimum atomic E-state index is -6.51. The molecule has 0 N–H and O–H groups in total. The number of thioether (sulfide) groups is 1. The number of esters is 1. The smallest absolute Gasteiger partial charge is 0.417 e. The Morgan fingerprint density at radius 3 is 2.13 bits per heavy atom. The highest BCUT2D eigenvalue weighted by atomic mass is 32.2. The lowest BCUT2D eigenvalue weighted by atomic mass is 9.95. The first kappa shape index (κ1) is 37.2. The summed E-state index contributed by atoms with van der Waals surface area (Å²) in [5, 5.41) is 0.331. The number of benzene rings is 2. The van der Waals surface area contributed by atoms with Crippen molar-refractivity contribution in [3.8, 4) is 11.3 Å². The van der Waals surface area contributed by atoms with E-state index in [9.17, 15) is 53.1 Å². The van der Waals surface area contributed by atoms with Crippen molar-refractivity contribution < 1.29 is 62.2 Å². The zero-order valence-corrected chi connectivity index (χ0v) is 25.1. The van der Waals surface area contributed by atoms with Gasteiger partial charge in [0.1, 0.15) is 11.3 Å². The zero-order valence-electron chi connectivity index (χ0n) is 24.3. The van der Waals surface area contributed by atoms with Gasteiger partial charge in [0.25, 0.3) is 0 Å². The van der Waals surface area contributed by atoms with Gasteiger partial charge >= 0.3 is 35.8 Å². The molecule has 0 fully saturated rings. The Kier molecular flexibility index (Phi) is 11.5. The fraction of sp³-hybridized carbons (Fsp3) is 0.452. The third-order valence-electron chi connectivity index (χ3n) is 7.04.